The zero-order valence-electron chi connectivity index (χ0n) is 15.8. The van der Waals surface area contributed by atoms with Crippen LogP contribution in [-0.2, 0) is 9.53 Å². The van der Waals surface area contributed by atoms with E-state index in [4.69, 9.17) is 9.47 Å². The predicted molar refractivity (Wildman–Crippen MR) is 114 cm³/mol. The summed E-state index contributed by atoms with van der Waals surface area (Å²) in [5.41, 5.74) is 2.17. The van der Waals surface area contributed by atoms with Crippen LogP contribution in [0.15, 0.2) is 83.3 Å². The molecule has 6 heteroatoms. The van der Waals surface area contributed by atoms with Crippen molar-refractivity contribution in [1.82, 2.24) is 5.32 Å². The van der Waals surface area contributed by atoms with Gasteiger partial charge in [-0.25, -0.2) is 4.79 Å². The van der Waals surface area contributed by atoms with Crippen LogP contribution < -0.4 is 10.1 Å². The van der Waals surface area contributed by atoms with E-state index in [0.717, 1.165) is 11.1 Å². The predicted octanol–water partition coefficient (Wildman–Crippen LogP) is 4.52. The van der Waals surface area contributed by atoms with Gasteiger partial charge in [0.1, 0.15) is 5.75 Å². The number of carbonyl (C=O) groups excluding carboxylic acids is 2. The van der Waals surface area contributed by atoms with Crippen molar-refractivity contribution in [2.45, 2.75) is 6.04 Å². The van der Waals surface area contributed by atoms with Crippen molar-refractivity contribution in [3.8, 4) is 5.75 Å². The first-order chi connectivity index (χ1) is 14.1. The van der Waals surface area contributed by atoms with Crippen molar-refractivity contribution in [3.63, 3.8) is 0 Å². The Labute approximate surface area is 177 Å². The maximum atomic E-state index is 12.5. The average molecular weight is 454 g/mol. The summed E-state index contributed by atoms with van der Waals surface area (Å²) in [5, 5.41) is 2.94. The molecule has 0 bridgehead atoms. The molecule has 0 unspecified atom stereocenters. The van der Waals surface area contributed by atoms with Gasteiger partial charge in [0.2, 0.25) is 0 Å². The fourth-order valence-electron chi connectivity index (χ4n) is 2.85. The Kier molecular flexibility index (Phi) is 7.03. The van der Waals surface area contributed by atoms with Crippen LogP contribution >= 0.6 is 15.9 Å². The van der Waals surface area contributed by atoms with Crippen molar-refractivity contribution in [2.24, 2.45) is 0 Å². The molecule has 0 fully saturated rings. The summed E-state index contributed by atoms with van der Waals surface area (Å²) in [6.07, 6.45) is 0. The van der Waals surface area contributed by atoms with Crippen molar-refractivity contribution in [2.75, 3.05) is 13.7 Å². The molecule has 0 aromatic heterocycles. The van der Waals surface area contributed by atoms with E-state index in [0.29, 0.717) is 15.8 Å². The van der Waals surface area contributed by atoms with Crippen LogP contribution in [0, 0.1) is 0 Å². The van der Waals surface area contributed by atoms with E-state index in [1.807, 2.05) is 60.7 Å². The van der Waals surface area contributed by atoms with Gasteiger partial charge in [0, 0.05) is 4.47 Å². The molecule has 5 nitrogen and oxygen atoms in total. The summed E-state index contributed by atoms with van der Waals surface area (Å²) in [5.74, 6) is -0.477. The lowest BCUT2D eigenvalue weighted by Crippen LogP contribution is -2.33. The van der Waals surface area contributed by atoms with E-state index in [-0.39, 0.29) is 6.04 Å². The molecule has 0 spiro atoms. The van der Waals surface area contributed by atoms with E-state index in [1.54, 1.807) is 18.2 Å². The zero-order chi connectivity index (χ0) is 20.6. The summed E-state index contributed by atoms with van der Waals surface area (Å²) >= 11 is 3.31. The Morgan fingerprint density at radius 3 is 2.07 bits per heavy atom. The lowest BCUT2D eigenvalue weighted by molar-refractivity contribution is -0.124. The largest absolute Gasteiger partial charge is 0.497 e. The first-order valence-electron chi connectivity index (χ1n) is 8.98. The Hall–Kier alpha value is -3.12. The minimum absolute atomic E-state index is 0.291. The lowest BCUT2D eigenvalue weighted by atomic mass is 9.99. The maximum absolute atomic E-state index is 12.5. The second-order valence-electron chi connectivity index (χ2n) is 6.24. The molecule has 3 aromatic carbocycles. The van der Waals surface area contributed by atoms with Crippen LogP contribution in [0.3, 0.4) is 0 Å². The quantitative estimate of drug-likeness (QED) is 0.534. The van der Waals surface area contributed by atoms with Gasteiger partial charge in [-0.1, -0.05) is 60.7 Å². The number of rotatable bonds is 7. The van der Waals surface area contributed by atoms with Gasteiger partial charge in [0.25, 0.3) is 5.91 Å². The van der Waals surface area contributed by atoms with Crippen molar-refractivity contribution in [3.05, 3.63) is 100 Å². The van der Waals surface area contributed by atoms with Crippen LogP contribution in [0.4, 0.5) is 0 Å². The minimum atomic E-state index is -0.609. The molecule has 0 aliphatic rings. The van der Waals surface area contributed by atoms with Gasteiger partial charge in [-0.3, -0.25) is 4.79 Å². The highest BCUT2D eigenvalue weighted by atomic mass is 79.9. The lowest BCUT2D eigenvalue weighted by Gasteiger charge is -2.20. The van der Waals surface area contributed by atoms with Crippen molar-refractivity contribution in [1.29, 1.82) is 0 Å². The molecule has 148 valence electrons. The molecule has 0 saturated heterocycles. The highest BCUT2D eigenvalue weighted by Crippen LogP contribution is 2.24. The third kappa shape index (κ3) is 5.45. The zero-order valence-corrected chi connectivity index (χ0v) is 17.4. The summed E-state index contributed by atoms with van der Waals surface area (Å²) in [6, 6.07) is 23.9. The molecule has 0 aliphatic carbocycles. The van der Waals surface area contributed by atoms with Crippen LogP contribution in [0.1, 0.15) is 27.5 Å². The first-order valence-corrected chi connectivity index (χ1v) is 9.77. The van der Waals surface area contributed by atoms with E-state index in [1.165, 1.54) is 7.11 Å². The number of benzene rings is 3. The second kappa shape index (κ2) is 9.89. The molecule has 0 heterocycles. The summed E-state index contributed by atoms with van der Waals surface area (Å²) in [4.78, 5) is 24.9. The number of hydrogen-bond acceptors (Lipinski definition) is 4. The smallest absolute Gasteiger partial charge is 0.339 e. The van der Waals surface area contributed by atoms with Crippen molar-refractivity contribution < 1.29 is 19.1 Å². The Balaban J connectivity index is 1.69. The Bertz CT molecular complexity index is 937. The molecule has 0 aliphatic heterocycles. The normalized spacial score (nSPS) is 10.4. The third-order valence-electron chi connectivity index (χ3n) is 4.30. The van der Waals surface area contributed by atoms with Gasteiger partial charge < -0.3 is 14.8 Å². The molecule has 0 saturated carbocycles. The van der Waals surface area contributed by atoms with Crippen molar-refractivity contribution >= 4 is 27.8 Å². The minimum Gasteiger partial charge on any atom is -0.497 e. The van der Waals surface area contributed by atoms with Crippen LogP contribution in [0.5, 0.6) is 5.75 Å². The molecule has 1 amide bonds. The van der Waals surface area contributed by atoms with E-state index >= 15 is 0 Å². The fourth-order valence-corrected chi connectivity index (χ4v) is 3.26. The van der Waals surface area contributed by atoms with Gasteiger partial charge in [-0.05, 0) is 45.3 Å². The number of carbonyl (C=O) groups is 2. The number of nitrogens with one attached hydrogen (secondary N) is 1. The van der Waals surface area contributed by atoms with Crippen LogP contribution in [-0.4, -0.2) is 25.6 Å². The van der Waals surface area contributed by atoms with Gasteiger partial charge in [-0.2, -0.15) is 0 Å². The molecular formula is C23H20BrNO4. The molecule has 29 heavy (non-hydrogen) atoms. The summed E-state index contributed by atoms with van der Waals surface area (Å²) < 4.78 is 10.9. The topological polar surface area (TPSA) is 64.6 Å². The second-order valence-corrected chi connectivity index (χ2v) is 7.10. The highest BCUT2D eigenvalue weighted by molar-refractivity contribution is 9.10. The third-order valence-corrected chi connectivity index (χ3v) is 4.99. The molecule has 3 rings (SSSR count). The molecule has 3 aromatic rings. The van der Waals surface area contributed by atoms with E-state index in [9.17, 15) is 9.59 Å². The fraction of sp³-hybridized carbons (Fsp3) is 0.130. The number of halogens is 1. The van der Waals surface area contributed by atoms with Crippen LogP contribution in [0.2, 0.25) is 0 Å². The number of methoxy groups -OCH3 is 1. The standard InChI is InChI=1S/C23H20BrNO4/c1-28-18-12-13-20(24)19(14-18)23(27)29-15-21(26)25-22(16-8-4-2-5-9-16)17-10-6-3-7-11-17/h2-14,22H,15H2,1H3,(H,25,26). The molecule has 0 radical (unpaired) electrons. The number of esters is 1. The van der Waals surface area contributed by atoms with Gasteiger partial charge in [-0.15, -0.1) is 0 Å². The monoisotopic (exact) mass is 453 g/mol. The number of amides is 1. The maximum Gasteiger partial charge on any atom is 0.339 e. The summed E-state index contributed by atoms with van der Waals surface area (Å²) in [7, 11) is 1.51. The highest BCUT2D eigenvalue weighted by Gasteiger charge is 2.19. The molecular weight excluding hydrogens is 434 g/mol. The van der Waals surface area contributed by atoms with E-state index in [2.05, 4.69) is 21.2 Å². The number of hydrogen-bond donors (Lipinski definition) is 1. The molecule has 0 atom stereocenters. The van der Waals surface area contributed by atoms with E-state index < -0.39 is 18.5 Å². The molecule has 1 N–H and O–H groups in total. The first kappa shape index (κ1) is 20.6. The Morgan fingerprint density at radius 2 is 1.52 bits per heavy atom. The van der Waals surface area contributed by atoms with Gasteiger partial charge >= 0.3 is 5.97 Å². The van der Waals surface area contributed by atoms with Gasteiger partial charge in [0.05, 0.1) is 18.7 Å². The Morgan fingerprint density at radius 1 is 0.931 bits per heavy atom. The van der Waals surface area contributed by atoms with Crippen LogP contribution in [0.25, 0.3) is 0 Å². The number of ether oxygens (including phenoxy) is 2. The SMILES string of the molecule is COc1ccc(Br)c(C(=O)OCC(=O)NC(c2ccccc2)c2ccccc2)c1. The van der Waals surface area contributed by atoms with Gasteiger partial charge in [0.15, 0.2) is 6.61 Å². The average Bonchev–Trinajstić information content (AvgIpc) is 2.77. The summed E-state index contributed by atoms with van der Waals surface area (Å²) in [6.45, 7) is -0.390.